The maximum Gasteiger partial charge on any atom is 0.506 e. The molecule has 0 aromatic carbocycles. The van der Waals surface area contributed by atoms with Crippen LogP contribution in [0.1, 0.15) is 61.3 Å². The average Bonchev–Trinajstić information content (AvgIpc) is 2.48. The van der Waals surface area contributed by atoms with E-state index in [2.05, 4.69) is 6.92 Å². The molecule has 0 amide bonds. The maximum absolute atomic E-state index is 6.13. The van der Waals surface area contributed by atoms with E-state index in [9.17, 15) is 0 Å². The van der Waals surface area contributed by atoms with E-state index in [-0.39, 0.29) is 11.2 Å². The summed E-state index contributed by atoms with van der Waals surface area (Å²) in [5.74, 6) is 0. The Bertz CT molecular complexity index is 246. The summed E-state index contributed by atoms with van der Waals surface area (Å²) in [6.45, 7) is 14.2. The molecule has 1 aliphatic heterocycles. The smallest absolute Gasteiger partial charge is 0.399 e. The van der Waals surface area contributed by atoms with Gasteiger partial charge in [0.2, 0.25) is 0 Å². The summed E-state index contributed by atoms with van der Waals surface area (Å²) < 4.78 is 11.6. The van der Waals surface area contributed by atoms with Crippen molar-refractivity contribution in [2.45, 2.75) is 72.5 Å². The Balaban J connectivity index is 0.00000121. The molecular formula is C13H26BClO2. The molecule has 1 rings (SSSR count). The highest BCUT2D eigenvalue weighted by Crippen LogP contribution is 2.39. The fourth-order valence-electron chi connectivity index (χ4n) is 1.33. The molecule has 0 unspecified atom stereocenters. The van der Waals surface area contributed by atoms with Crippen LogP contribution in [0.15, 0.2) is 11.0 Å². The number of unbranched alkanes of at least 4 members (excludes halogenated alkanes) is 1. The zero-order chi connectivity index (χ0) is 13.7. The van der Waals surface area contributed by atoms with Gasteiger partial charge in [-0.15, -0.1) is 0 Å². The van der Waals surface area contributed by atoms with Crippen LogP contribution in [0.4, 0.5) is 0 Å². The third kappa shape index (κ3) is 4.31. The van der Waals surface area contributed by atoms with Crippen LogP contribution in [0, 0.1) is 0 Å². The van der Waals surface area contributed by atoms with Crippen molar-refractivity contribution in [3.63, 3.8) is 0 Å². The van der Waals surface area contributed by atoms with E-state index in [0.29, 0.717) is 4.93 Å². The second-order valence-electron chi connectivity index (χ2n) is 4.97. The highest BCUT2D eigenvalue weighted by molar-refractivity contribution is 6.69. The van der Waals surface area contributed by atoms with Gasteiger partial charge in [-0.2, -0.15) is 0 Å². The third-order valence-corrected chi connectivity index (χ3v) is 3.44. The van der Waals surface area contributed by atoms with Crippen LogP contribution in [0.5, 0.6) is 0 Å². The summed E-state index contributed by atoms with van der Waals surface area (Å²) in [7, 11) is -0.400. The highest BCUT2D eigenvalue weighted by Gasteiger charge is 2.52. The highest BCUT2D eigenvalue weighted by atomic mass is 35.5. The summed E-state index contributed by atoms with van der Waals surface area (Å²) in [5, 5.41) is 0. The zero-order valence-corrected chi connectivity index (χ0v) is 13.0. The summed E-state index contributed by atoms with van der Waals surface area (Å²) in [5.41, 5.74) is -0.615. The van der Waals surface area contributed by atoms with Crippen LogP contribution in [0.3, 0.4) is 0 Å². The molecule has 17 heavy (non-hydrogen) atoms. The van der Waals surface area contributed by atoms with Crippen molar-refractivity contribution >= 4 is 18.7 Å². The third-order valence-electron chi connectivity index (χ3n) is 3.11. The van der Waals surface area contributed by atoms with Gasteiger partial charge in [-0.3, -0.25) is 0 Å². The van der Waals surface area contributed by atoms with Crippen molar-refractivity contribution in [2.75, 3.05) is 0 Å². The Labute approximate surface area is 112 Å². The second-order valence-corrected chi connectivity index (χ2v) is 5.40. The molecule has 0 spiro atoms. The number of rotatable bonds is 3. The molecule has 0 N–H and O–H groups in total. The van der Waals surface area contributed by atoms with Gasteiger partial charge < -0.3 is 9.31 Å². The van der Waals surface area contributed by atoms with Gasteiger partial charge in [-0.25, -0.2) is 0 Å². The van der Waals surface area contributed by atoms with Gasteiger partial charge in [-0.05, 0) is 34.1 Å². The lowest BCUT2D eigenvalue weighted by atomic mass is 9.89. The molecule has 0 aliphatic carbocycles. The first-order valence-corrected chi connectivity index (χ1v) is 6.89. The monoisotopic (exact) mass is 260 g/mol. The van der Waals surface area contributed by atoms with Gasteiger partial charge in [0.15, 0.2) is 0 Å². The Morgan fingerprint density at radius 3 is 1.88 bits per heavy atom. The van der Waals surface area contributed by atoms with Crippen LogP contribution < -0.4 is 0 Å². The van der Waals surface area contributed by atoms with Crippen molar-refractivity contribution in [1.29, 1.82) is 0 Å². The van der Waals surface area contributed by atoms with Gasteiger partial charge in [0, 0.05) is 4.93 Å². The van der Waals surface area contributed by atoms with E-state index in [1.165, 1.54) is 0 Å². The molecule has 0 bridgehead atoms. The average molecular weight is 261 g/mol. The molecule has 0 radical (unpaired) electrons. The quantitative estimate of drug-likeness (QED) is 0.692. The zero-order valence-electron chi connectivity index (χ0n) is 12.3. The molecule has 2 nitrogen and oxygen atoms in total. The van der Waals surface area contributed by atoms with E-state index in [4.69, 9.17) is 20.9 Å². The number of halogens is 1. The first-order chi connectivity index (χ1) is 7.80. The molecule has 0 aromatic heterocycles. The molecule has 0 aromatic rings. The SMILES string of the molecule is CC.CCC/C=C(/Cl)B1OC(C)(C)C(C)(C)O1. The van der Waals surface area contributed by atoms with E-state index in [1.807, 2.05) is 47.6 Å². The Kier molecular flexibility index (Phi) is 6.82. The molecule has 1 aliphatic rings. The van der Waals surface area contributed by atoms with E-state index in [1.54, 1.807) is 0 Å². The molecular weight excluding hydrogens is 234 g/mol. The largest absolute Gasteiger partial charge is 0.506 e. The van der Waals surface area contributed by atoms with Crippen LogP contribution in [0.2, 0.25) is 0 Å². The van der Waals surface area contributed by atoms with Crippen LogP contribution in [0.25, 0.3) is 0 Å². The topological polar surface area (TPSA) is 18.5 Å². The van der Waals surface area contributed by atoms with E-state index in [0.717, 1.165) is 12.8 Å². The van der Waals surface area contributed by atoms with Crippen LogP contribution in [-0.4, -0.2) is 18.3 Å². The van der Waals surface area contributed by atoms with E-state index < -0.39 is 7.12 Å². The fraction of sp³-hybridized carbons (Fsp3) is 0.846. The normalized spacial score (nSPS) is 22.1. The first-order valence-electron chi connectivity index (χ1n) is 6.51. The summed E-state index contributed by atoms with van der Waals surface area (Å²) in [6.07, 6.45) is 4.02. The van der Waals surface area contributed by atoms with Gasteiger partial charge in [0.05, 0.1) is 11.2 Å². The van der Waals surface area contributed by atoms with Gasteiger partial charge in [0.25, 0.3) is 0 Å². The molecule has 1 saturated heterocycles. The lowest BCUT2D eigenvalue weighted by Gasteiger charge is -2.32. The molecule has 0 atom stereocenters. The van der Waals surface area contributed by atoms with E-state index >= 15 is 0 Å². The lowest BCUT2D eigenvalue weighted by Crippen LogP contribution is -2.41. The van der Waals surface area contributed by atoms with Gasteiger partial charge >= 0.3 is 7.12 Å². The minimum Gasteiger partial charge on any atom is -0.399 e. The fourth-order valence-corrected chi connectivity index (χ4v) is 1.53. The molecule has 0 saturated carbocycles. The van der Waals surface area contributed by atoms with Crippen LogP contribution in [-0.2, 0) is 9.31 Å². The molecule has 1 fully saturated rings. The summed E-state index contributed by atoms with van der Waals surface area (Å²) in [6, 6.07) is 0. The number of allylic oxidation sites excluding steroid dienone is 1. The minimum absolute atomic E-state index is 0.308. The van der Waals surface area contributed by atoms with Crippen molar-refractivity contribution in [3.05, 3.63) is 11.0 Å². The summed E-state index contributed by atoms with van der Waals surface area (Å²) >= 11 is 6.13. The number of hydrogen-bond acceptors (Lipinski definition) is 2. The molecule has 4 heteroatoms. The van der Waals surface area contributed by atoms with Crippen molar-refractivity contribution in [3.8, 4) is 0 Å². The standard InChI is InChI=1S/C11H20BClO2.C2H6/c1-6-7-8-9(13)12-14-10(2,3)11(4,5)15-12;1-2/h8H,6-7H2,1-5H3;1-2H3/b9-8+;. The van der Waals surface area contributed by atoms with Gasteiger partial charge in [-0.1, -0.05) is 44.9 Å². The maximum atomic E-state index is 6.13. The van der Waals surface area contributed by atoms with Crippen molar-refractivity contribution in [1.82, 2.24) is 0 Å². The number of hydrogen-bond donors (Lipinski definition) is 0. The van der Waals surface area contributed by atoms with Gasteiger partial charge in [0.1, 0.15) is 0 Å². The minimum atomic E-state index is -0.400. The van der Waals surface area contributed by atoms with Crippen molar-refractivity contribution < 1.29 is 9.31 Å². The second kappa shape index (κ2) is 6.82. The lowest BCUT2D eigenvalue weighted by molar-refractivity contribution is 0.00578. The van der Waals surface area contributed by atoms with Crippen LogP contribution >= 0.6 is 11.6 Å². The molecule has 100 valence electrons. The first kappa shape index (κ1) is 17.0. The summed E-state index contributed by atoms with van der Waals surface area (Å²) in [4.78, 5) is 0.663. The molecule has 1 heterocycles. The van der Waals surface area contributed by atoms with Crippen molar-refractivity contribution in [2.24, 2.45) is 0 Å². The predicted molar refractivity (Wildman–Crippen MR) is 76.3 cm³/mol. The Morgan fingerprint density at radius 2 is 1.53 bits per heavy atom. The Morgan fingerprint density at radius 1 is 1.12 bits per heavy atom. The Hall–Kier alpha value is 0.0149. The predicted octanol–water partition coefficient (Wildman–Crippen LogP) is 4.57.